The number of nitrogens with zero attached hydrogens (tertiary/aromatic N) is 1. The molecule has 0 saturated heterocycles. The number of fused-ring (bicyclic) bond motifs is 1. The van der Waals surface area contributed by atoms with E-state index in [1.54, 1.807) is 18.2 Å². The fraction of sp³-hybridized carbons (Fsp3) is 0.500. The first-order valence-electron chi connectivity index (χ1n) is 5.93. The van der Waals surface area contributed by atoms with E-state index >= 15 is 0 Å². The molecule has 0 bridgehead atoms. The van der Waals surface area contributed by atoms with Crippen LogP contribution in [0.2, 0.25) is 0 Å². The summed E-state index contributed by atoms with van der Waals surface area (Å²) >= 11 is 0. The van der Waals surface area contributed by atoms with Crippen molar-refractivity contribution in [3.8, 4) is 5.75 Å². The average molecular weight is 270 g/mol. The zero-order valence-corrected chi connectivity index (χ0v) is 11.6. The van der Waals surface area contributed by atoms with Crippen LogP contribution in [0.25, 0.3) is 0 Å². The van der Waals surface area contributed by atoms with Gasteiger partial charge in [0.2, 0.25) is 10.0 Å². The summed E-state index contributed by atoms with van der Waals surface area (Å²) < 4.78 is 31.6. The third-order valence-corrected chi connectivity index (χ3v) is 4.56. The Labute approximate surface area is 108 Å². The van der Waals surface area contributed by atoms with Gasteiger partial charge in [-0.15, -0.1) is 0 Å². The lowest BCUT2D eigenvalue weighted by Crippen LogP contribution is -2.37. The molecule has 100 valence electrons. The summed E-state index contributed by atoms with van der Waals surface area (Å²) in [5, 5.41) is 0. The van der Waals surface area contributed by atoms with Crippen molar-refractivity contribution in [3.63, 3.8) is 0 Å². The van der Waals surface area contributed by atoms with Gasteiger partial charge in [-0.05, 0) is 31.7 Å². The number of ether oxygens (including phenoxy) is 1. The van der Waals surface area contributed by atoms with Gasteiger partial charge in [0.15, 0.2) is 0 Å². The lowest BCUT2D eigenvalue weighted by atomic mass is 10.2. The number of sulfonamides is 1. The Morgan fingerprint density at radius 2 is 2.22 bits per heavy atom. The molecule has 0 saturated carbocycles. The summed E-state index contributed by atoms with van der Waals surface area (Å²) in [6, 6.07) is 4.93. The van der Waals surface area contributed by atoms with Gasteiger partial charge < -0.3 is 9.64 Å². The van der Waals surface area contributed by atoms with Crippen LogP contribution in [-0.4, -0.2) is 35.2 Å². The van der Waals surface area contributed by atoms with E-state index in [0.717, 1.165) is 24.4 Å². The van der Waals surface area contributed by atoms with Gasteiger partial charge in [-0.25, -0.2) is 13.1 Å². The minimum atomic E-state index is -3.41. The number of hydrogen-bond acceptors (Lipinski definition) is 4. The summed E-state index contributed by atoms with van der Waals surface area (Å²) in [7, 11) is -0.0573. The minimum absolute atomic E-state index is 0.161. The molecule has 2 rings (SSSR count). The van der Waals surface area contributed by atoms with Crippen LogP contribution in [0.1, 0.15) is 13.3 Å². The van der Waals surface area contributed by atoms with Gasteiger partial charge in [-0.2, -0.15) is 0 Å². The first kappa shape index (κ1) is 13.2. The van der Waals surface area contributed by atoms with Crippen LogP contribution in [0.3, 0.4) is 0 Å². The Kier molecular flexibility index (Phi) is 3.49. The molecule has 0 fully saturated rings. The van der Waals surface area contributed by atoms with Crippen LogP contribution in [0.5, 0.6) is 5.75 Å². The maximum Gasteiger partial charge on any atom is 0.240 e. The van der Waals surface area contributed by atoms with Crippen molar-refractivity contribution in [2.45, 2.75) is 24.3 Å². The number of nitrogens with one attached hydrogen (secondary N) is 1. The maximum absolute atomic E-state index is 11.7. The van der Waals surface area contributed by atoms with Gasteiger partial charge in [0, 0.05) is 7.05 Å². The summed E-state index contributed by atoms with van der Waals surface area (Å²) in [6.07, 6.45) is 1.09. The van der Waals surface area contributed by atoms with Crippen molar-refractivity contribution in [2.75, 3.05) is 25.5 Å². The van der Waals surface area contributed by atoms with Crippen molar-refractivity contribution in [1.29, 1.82) is 0 Å². The number of likely N-dealkylation sites (N-methyl/N-ethyl adjacent to an activating group) is 1. The number of hydrogen-bond donors (Lipinski definition) is 1. The molecule has 1 aliphatic rings. The van der Waals surface area contributed by atoms with E-state index in [-0.39, 0.29) is 11.0 Å². The molecule has 0 aliphatic carbocycles. The Bertz CT molecular complexity index is 542. The third-order valence-electron chi connectivity index (χ3n) is 3.15. The molecule has 1 N–H and O–H groups in total. The van der Waals surface area contributed by atoms with E-state index in [1.165, 1.54) is 7.05 Å². The molecular formula is C12H18N2O3S. The topological polar surface area (TPSA) is 58.6 Å². The van der Waals surface area contributed by atoms with Crippen LogP contribution in [0.15, 0.2) is 23.1 Å². The van der Waals surface area contributed by atoms with Crippen LogP contribution in [-0.2, 0) is 10.0 Å². The summed E-state index contributed by atoms with van der Waals surface area (Å²) in [4.78, 5) is 2.29. The van der Waals surface area contributed by atoms with Crippen molar-refractivity contribution >= 4 is 15.7 Å². The SMILES string of the molecule is CCC1CN(C)c2cc(S(=O)(=O)NC)ccc2O1. The number of benzene rings is 1. The van der Waals surface area contributed by atoms with E-state index in [4.69, 9.17) is 4.74 Å². The van der Waals surface area contributed by atoms with Crippen molar-refractivity contribution in [3.05, 3.63) is 18.2 Å². The highest BCUT2D eigenvalue weighted by atomic mass is 32.2. The second-order valence-corrected chi connectivity index (χ2v) is 6.25. The molecule has 1 aromatic carbocycles. The molecule has 1 heterocycles. The highest BCUT2D eigenvalue weighted by Gasteiger charge is 2.24. The van der Waals surface area contributed by atoms with E-state index in [9.17, 15) is 8.42 Å². The summed E-state index contributed by atoms with van der Waals surface area (Å²) in [6.45, 7) is 2.84. The Morgan fingerprint density at radius 1 is 1.50 bits per heavy atom. The second kappa shape index (κ2) is 4.78. The van der Waals surface area contributed by atoms with Crippen LogP contribution >= 0.6 is 0 Å². The molecule has 18 heavy (non-hydrogen) atoms. The first-order chi connectivity index (χ1) is 8.47. The zero-order valence-electron chi connectivity index (χ0n) is 10.8. The van der Waals surface area contributed by atoms with Gasteiger partial charge in [0.1, 0.15) is 11.9 Å². The van der Waals surface area contributed by atoms with Crippen molar-refractivity contribution < 1.29 is 13.2 Å². The number of anilines is 1. The van der Waals surface area contributed by atoms with Gasteiger partial charge in [-0.3, -0.25) is 0 Å². The van der Waals surface area contributed by atoms with Crippen LogP contribution < -0.4 is 14.4 Å². The Hall–Kier alpha value is -1.27. The second-order valence-electron chi connectivity index (χ2n) is 4.37. The van der Waals surface area contributed by atoms with Crippen LogP contribution in [0, 0.1) is 0 Å². The molecule has 1 atom stereocenters. The molecule has 5 nitrogen and oxygen atoms in total. The molecule has 6 heteroatoms. The molecule has 0 amide bonds. The average Bonchev–Trinajstić information content (AvgIpc) is 2.38. The van der Waals surface area contributed by atoms with E-state index < -0.39 is 10.0 Å². The van der Waals surface area contributed by atoms with Crippen molar-refractivity contribution in [2.24, 2.45) is 0 Å². The Balaban J connectivity index is 2.42. The highest BCUT2D eigenvalue weighted by molar-refractivity contribution is 7.89. The third kappa shape index (κ3) is 2.30. The predicted octanol–water partition coefficient (Wildman–Crippen LogP) is 1.20. The molecule has 0 aromatic heterocycles. The van der Waals surface area contributed by atoms with Gasteiger partial charge in [-0.1, -0.05) is 6.92 Å². The molecule has 1 unspecified atom stereocenters. The maximum atomic E-state index is 11.7. The van der Waals surface area contributed by atoms with Crippen molar-refractivity contribution in [1.82, 2.24) is 4.72 Å². The number of rotatable bonds is 3. The van der Waals surface area contributed by atoms with Gasteiger partial charge in [0.25, 0.3) is 0 Å². The fourth-order valence-corrected chi connectivity index (χ4v) is 2.76. The zero-order chi connectivity index (χ0) is 13.3. The molecule has 1 aromatic rings. The molecule has 1 aliphatic heterocycles. The lowest BCUT2D eigenvalue weighted by molar-refractivity contribution is 0.191. The van der Waals surface area contributed by atoms with Crippen LogP contribution in [0.4, 0.5) is 5.69 Å². The monoisotopic (exact) mass is 270 g/mol. The molecule has 0 radical (unpaired) electrons. The quantitative estimate of drug-likeness (QED) is 0.896. The van der Waals surface area contributed by atoms with E-state index in [1.807, 2.05) is 11.9 Å². The standard InChI is InChI=1S/C12H18N2O3S/c1-4-9-8-14(3)11-7-10(18(15,16)13-2)5-6-12(11)17-9/h5-7,9,13H,4,8H2,1-3H3. The predicted molar refractivity (Wildman–Crippen MR) is 70.7 cm³/mol. The molecular weight excluding hydrogens is 252 g/mol. The lowest BCUT2D eigenvalue weighted by Gasteiger charge is -2.33. The summed E-state index contributed by atoms with van der Waals surface area (Å²) in [5.41, 5.74) is 0.816. The highest BCUT2D eigenvalue weighted by Crippen LogP contribution is 2.34. The Morgan fingerprint density at radius 3 is 2.83 bits per heavy atom. The van der Waals surface area contributed by atoms with Gasteiger partial charge in [0.05, 0.1) is 17.1 Å². The van der Waals surface area contributed by atoms with Gasteiger partial charge >= 0.3 is 0 Å². The molecule has 0 spiro atoms. The fourth-order valence-electron chi connectivity index (χ4n) is 2.01. The van der Waals surface area contributed by atoms with E-state index in [0.29, 0.717) is 0 Å². The van der Waals surface area contributed by atoms with E-state index in [2.05, 4.69) is 11.6 Å². The largest absolute Gasteiger partial charge is 0.486 e. The first-order valence-corrected chi connectivity index (χ1v) is 7.41. The minimum Gasteiger partial charge on any atom is -0.486 e. The smallest absolute Gasteiger partial charge is 0.240 e. The normalized spacial score (nSPS) is 19.3. The summed E-state index contributed by atoms with van der Waals surface area (Å²) in [5.74, 6) is 0.741.